The zero-order chi connectivity index (χ0) is 22.2. The van der Waals surface area contributed by atoms with Gasteiger partial charge in [0.2, 0.25) is 6.23 Å². The maximum Gasteiger partial charge on any atom is 0.412 e. The second-order valence-electron chi connectivity index (χ2n) is 6.27. The van der Waals surface area contributed by atoms with Crippen LogP contribution in [0.5, 0.6) is 0 Å². The Labute approximate surface area is 191 Å². The minimum Gasteiger partial charge on any atom is -0.419 e. The van der Waals surface area contributed by atoms with Gasteiger partial charge in [-0.1, -0.05) is 17.5 Å². The normalized spacial score (nSPS) is 19.9. The number of hydrogen-bond donors (Lipinski definition) is 0. The van der Waals surface area contributed by atoms with Crippen LogP contribution in [-0.4, -0.2) is 69.4 Å². The van der Waals surface area contributed by atoms with Gasteiger partial charge in [-0.2, -0.15) is 0 Å². The first-order valence-electron chi connectivity index (χ1n) is 9.76. The van der Waals surface area contributed by atoms with E-state index >= 15 is 0 Å². The van der Waals surface area contributed by atoms with Crippen molar-refractivity contribution >= 4 is 46.4 Å². The number of ether oxygens (including phenoxy) is 1. The average Bonchev–Trinajstić information content (AvgIpc) is 3.06. The number of hydrogen-bond acceptors (Lipinski definition) is 7. The molecule has 11 heteroatoms. The number of pyridine rings is 1. The molecule has 0 bridgehead atoms. The minimum absolute atomic E-state index is 0. The van der Waals surface area contributed by atoms with Crippen LogP contribution >= 0.6 is 28.6 Å². The molecule has 30 heavy (non-hydrogen) atoms. The van der Waals surface area contributed by atoms with E-state index in [2.05, 4.69) is 20.9 Å². The molecule has 0 unspecified atom stereocenters. The number of amides is 2. The number of carbonyl (C=O) groups is 2. The van der Waals surface area contributed by atoms with E-state index in [9.17, 15) is 9.59 Å². The Bertz CT molecular complexity index is 1060. The molecule has 2 aromatic rings. The Morgan fingerprint density at radius 2 is 2.00 bits per heavy atom. The second kappa shape index (κ2) is 9.38. The van der Waals surface area contributed by atoms with Gasteiger partial charge in [-0.15, -0.1) is 23.4 Å². The maximum atomic E-state index is 12.9. The summed E-state index contributed by atoms with van der Waals surface area (Å²) in [6.45, 7) is -0.969. The van der Waals surface area contributed by atoms with Crippen molar-refractivity contribution in [2.24, 2.45) is 0 Å². The molecule has 0 aliphatic carbocycles. The first-order valence-corrected chi connectivity index (χ1v) is 9.14. The number of halogens is 2. The predicted octanol–water partition coefficient (Wildman–Crippen LogP) is 2.15. The Morgan fingerprint density at radius 3 is 2.67 bits per heavy atom. The van der Waals surface area contributed by atoms with Crippen LogP contribution in [0.25, 0.3) is 0 Å². The van der Waals surface area contributed by atoms with E-state index in [1.54, 1.807) is 6.07 Å². The number of aromatic nitrogens is 3. The van der Waals surface area contributed by atoms with Crippen molar-refractivity contribution in [1.29, 1.82) is 0 Å². The fraction of sp³-hybridized carbons (Fsp3) is 0.316. The first-order chi connectivity index (χ1) is 14.8. The van der Waals surface area contributed by atoms with Crippen molar-refractivity contribution in [3.05, 3.63) is 47.1 Å². The lowest BCUT2D eigenvalue weighted by molar-refractivity contribution is 0.0463. The standard InChI is InChI=1S/C19H17ClN6O3.BrH/c1-2-7-24-8-10-25(11-9-24)19(28)29-18-16-15(21-5-6-22-16)17(27)26(18)14-4-3-13(20)12-23-14;/h1,3-6,12,18H,7-11H2;1H/t18-;/m0./s1/i7D2;. The highest BCUT2D eigenvalue weighted by atomic mass is 79.9. The summed E-state index contributed by atoms with van der Waals surface area (Å²) in [4.78, 5) is 42.3. The molecule has 156 valence electrons. The highest BCUT2D eigenvalue weighted by Crippen LogP contribution is 2.35. The summed E-state index contributed by atoms with van der Waals surface area (Å²) in [7, 11) is 0. The Kier molecular flexibility index (Phi) is 6.02. The molecule has 0 radical (unpaired) electrons. The second-order valence-corrected chi connectivity index (χ2v) is 6.70. The third kappa shape index (κ3) is 4.23. The fourth-order valence-corrected chi connectivity index (χ4v) is 3.25. The molecule has 2 amide bonds. The summed E-state index contributed by atoms with van der Waals surface area (Å²) in [6.07, 6.45) is 7.60. The van der Waals surface area contributed by atoms with Gasteiger partial charge in [0.1, 0.15) is 11.5 Å². The van der Waals surface area contributed by atoms with Gasteiger partial charge < -0.3 is 9.64 Å². The lowest BCUT2D eigenvalue weighted by Crippen LogP contribution is -2.49. The summed E-state index contributed by atoms with van der Waals surface area (Å²) in [6, 6.07) is 3.10. The summed E-state index contributed by atoms with van der Waals surface area (Å²) in [5.74, 6) is 1.84. The Morgan fingerprint density at radius 1 is 1.27 bits per heavy atom. The fourth-order valence-electron chi connectivity index (χ4n) is 3.14. The highest BCUT2D eigenvalue weighted by molar-refractivity contribution is 8.93. The molecule has 2 aliphatic rings. The average molecular weight is 496 g/mol. The van der Waals surface area contributed by atoms with Crippen LogP contribution in [0.1, 0.15) is 25.2 Å². The van der Waals surface area contributed by atoms with Crippen molar-refractivity contribution < 1.29 is 17.1 Å². The predicted molar refractivity (Wildman–Crippen MR) is 114 cm³/mol. The summed E-state index contributed by atoms with van der Waals surface area (Å²) >= 11 is 5.89. The number of piperazine rings is 1. The van der Waals surface area contributed by atoms with Gasteiger partial charge in [0.15, 0.2) is 5.69 Å². The molecule has 4 heterocycles. The van der Waals surface area contributed by atoms with E-state index in [1.807, 2.05) is 0 Å². The smallest absolute Gasteiger partial charge is 0.412 e. The number of anilines is 1. The van der Waals surface area contributed by atoms with Gasteiger partial charge >= 0.3 is 6.09 Å². The van der Waals surface area contributed by atoms with Crippen LogP contribution in [-0.2, 0) is 4.74 Å². The molecular formula is C19H18BrClN6O3. The summed E-state index contributed by atoms with van der Waals surface area (Å²) in [5, 5.41) is 0.391. The molecule has 1 fully saturated rings. The highest BCUT2D eigenvalue weighted by Gasteiger charge is 2.44. The van der Waals surface area contributed by atoms with Crippen LogP contribution in [0.15, 0.2) is 30.7 Å². The number of nitrogens with zero attached hydrogens (tertiary/aromatic N) is 6. The van der Waals surface area contributed by atoms with Crippen LogP contribution in [0.3, 0.4) is 0 Å². The van der Waals surface area contributed by atoms with Gasteiger partial charge in [-0.05, 0) is 12.1 Å². The van der Waals surface area contributed by atoms with Crippen molar-refractivity contribution in [3.8, 4) is 12.3 Å². The van der Waals surface area contributed by atoms with Gasteiger partial charge in [-0.25, -0.2) is 19.7 Å². The van der Waals surface area contributed by atoms with Crippen molar-refractivity contribution in [1.82, 2.24) is 24.8 Å². The van der Waals surface area contributed by atoms with E-state index in [-0.39, 0.29) is 60.4 Å². The number of rotatable bonds is 3. The quantitative estimate of drug-likeness (QED) is 0.603. The Hall–Kier alpha value is -2.74. The lowest BCUT2D eigenvalue weighted by Gasteiger charge is -2.34. The van der Waals surface area contributed by atoms with Crippen LogP contribution < -0.4 is 4.90 Å². The molecule has 0 N–H and O–H groups in total. The zero-order valence-electron chi connectivity index (χ0n) is 17.6. The van der Waals surface area contributed by atoms with Gasteiger partial charge in [0.25, 0.3) is 5.91 Å². The number of fused-ring (bicyclic) bond motifs is 1. The molecule has 2 aliphatic heterocycles. The summed E-state index contributed by atoms with van der Waals surface area (Å²) < 4.78 is 21.3. The number of carbonyl (C=O) groups excluding carboxylic acids is 2. The minimum atomic E-state index is -1.89. The van der Waals surface area contributed by atoms with E-state index < -0.39 is 24.7 Å². The Balaban J connectivity index is 0.00000289. The monoisotopic (exact) mass is 494 g/mol. The first kappa shape index (κ1) is 19.2. The number of terminal acetylenes is 1. The SMILES string of the molecule is Br.[2H]C([2H])(C#C)N1CCN(C(=O)O[C@H]2c3nccnc3C(=O)N2c2ccc(Cl)cn2)CC1. The summed E-state index contributed by atoms with van der Waals surface area (Å²) in [5.41, 5.74) is 0.281. The molecule has 0 aromatic carbocycles. The topological polar surface area (TPSA) is 91.8 Å². The molecule has 9 nitrogen and oxygen atoms in total. The molecule has 0 saturated carbocycles. The van der Waals surface area contributed by atoms with Gasteiger partial charge in [0.05, 0.1) is 14.3 Å². The van der Waals surface area contributed by atoms with E-state index in [1.165, 1.54) is 39.4 Å². The maximum absolute atomic E-state index is 12.9. The third-order valence-corrected chi connectivity index (χ3v) is 4.77. The largest absolute Gasteiger partial charge is 0.419 e. The van der Waals surface area contributed by atoms with Crippen LogP contribution in [0.4, 0.5) is 10.6 Å². The zero-order valence-corrected chi connectivity index (χ0v) is 18.0. The van der Waals surface area contributed by atoms with E-state index in [4.69, 9.17) is 25.5 Å². The molecule has 1 saturated heterocycles. The third-order valence-electron chi connectivity index (χ3n) is 4.55. The molecule has 4 rings (SSSR count). The van der Waals surface area contributed by atoms with Crippen molar-refractivity contribution in [2.45, 2.75) is 6.23 Å². The molecular weight excluding hydrogens is 476 g/mol. The lowest BCUT2D eigenvalue weighted by atomic mass is 10.3. The van der Waals surface area contributed by atoms with Crippen LogP contribution in [0, 0.1) is 12.3 Å². The van der Waals surface area contributed by atoms with E-state index in [0.717, 1.165) is 0 Å². The van der Waals surface area contributed by atoms with Gasteiger partial charge in [-0.3, -0.25) is 14.7 Å². The molecule has 0 spiro atoms. The molecule has 1 atom stereocenters. The van der Waals surface area contributed by atoms with Crippen LogP contribution in [0.2, 0.25) is 5.02 Å². The van der Waals surface area contributed by atoms with Gasteiger partial charge in [0, 0.05) is 44.8 Å². The van der Waals surface area contributed by atoms with Crippen molar-refractivity contribution in [2.75, 3.05) is 37.6 Å². The van der Waals surface area contributed by atoms with Crippen molar-refractivity contribution in [3.63, 3.8) is 0 Å². The molecule has 2 aromatic heterocycles. The van der Waals surface area contributed by atoms with E-state index in [0.29, 0.717) is 5.02 Å².